The molecule has 1 aromatic carbocycles. The Morgan fingerprint density at radius 2 is 2.23 bits per heavy atom. The van der Waals surface area contributed by atoms with Crippen molar-refractivity contribution in [2.75, 3.05) is 0 Å². The topological polar surface area (TPSA) is 17.1 Å². The molecule has 0 saturated heterocycles. The van der Waals surface area contributed by atoms with Crippen LogP contribution in [-0.4, -0.2) is 10.4 Å². The summed E-state index contributed by atoms with van der Waals surface area (Å²) in [5.74, 6) is -0.515. The zero-order chi connectivity index (χ0) is 9.64. The van der Waals surface area contributed by atoms with Crippen LogP contribution in [0.1, 0.15) is 15.9 Å². The Hall–Kier alpha value is -0.410. The lowest BCUT2D eigenvalue weighted by Gasteiger charge is -2.05. The van der Waals surface area contributed by atoms with Crippen LogP contribution in [0.3, 0.4) is 0 Å². The van der Waals surface area contributed by atoms with Crippen LogP contribution in [0.4, 0.5) is 4.39 Å². The van der Waals surface area contributed by atoms with Crippen LogP contribution in [0.25, 0.3) is 0 Å². The van der Waals surface area contributed by atoms with Gasteiger partial charge in [-0.25, -0.2) is 4.39 Å². The Morgan fingerprint density at radius 1 is 1.54 bits per heavy atom. The van der Waals surface area contributed by atoms with Gasteiger partial charge in [-0.2, -0.15) is 0 Å². The van der Waals surface area contributed by atoms with Crippen LogP contribution in [-0.2, 0) is 6.42 Å². The number of carbonyl (C=O) groups excluding carboxylic acids is 1. The van der Waals surface area contributed by atoms with Gasteiger partial charge in [0, 0.05) is 17.0 Å². The van der Waals surface area contributed by atoms with E-state index < -0.39 is 10.4 Å². The summed E-state index contributed by atoms with van der Waals surface area (Å²) < 4.78 is 11.5. The number of rotatable bonds is 0. The van der Waals surface area contributed by atoms with E-state index in [2.05, 4.69) is 15.9 Å². The SMILES string of the molecule is O=C1c2ccc(Cl)cc2CC1(F)Br. The molecule has 0 aliphatic heterocycles. The summed E-state index contributed by atoms with van der Waals surface area (Å²) in [5, 5.41) is 0.525. The summed E-state index contributed by atoms with van der Waals surface area (Å²) in [6, 6.07) is 4.77. The summed E-state index contributed by atoms with van der Waals surface area (Å²) in [4.78, 5) is 11.4. The molecule has 13 heavy (non-hydrogen) atoms. The fraction of sp³-hybridized carbons (Fsp3) is 0.222. The number of Topliss-reactive ketones (excluding diaryl/α,β-unsaturated/α-hetero) is 1. The molecule has 1 unspecified atom stereocenters. The van der Waals surface area contributed by atoms with Gasteiger partial charge in [0.2, 0.25) is 10.4 Å². The monoisotopic (exact) mass is 262 g/mol. The highest BCUT2D eigenvalue weighted by molar-refractivity contribution is 9.10. The molecule has 0 saturated carbocycles. The molecule has 0 aromatic heterocycles. The number of carbonyl (C=O) groups is 1. The third-order valence-electron chi connectivity index (χ3n) is 2.06. The van der Waals surface area contributed by atoms with Gasteiger partial charge in [0.1, 0.15) is 0 Å². The fourth-order valence-corrected chi connectivity index (χ4v) is 2.16. The van der Waals surface area contributed by atoms with Crippen molar-refractivity contribution in [2.45, 2.75) is 11.0 Å². The molecular formula is C9H5BrClFO. The highest BCUT2D eigenvalue weighted by Crippen LogP contribution is 2.38. The minimum atomic E-state index is -1.93. The van der Waals surface area contributed by atoms with Gasteiger partial charge < -0.3 is 0 Å². The molecule has 4 heteroatoms. The molecule has 0 radical (unpaired) electrons. The largest absolute Gasteiger partial charge is 0.289 e. The van der Waals surface area contributed by atoms with E-state index in [9.17, 15) is 9.18 Å². The summed E-state index contributed by atoms with van der Waals surface area (Å²) in [7, 11) is 0. The van der Waals surface area contributed by atoms with Gasteiger partial charge in [0.25, 0.3) is 0 Å². The second-order valence-corrected chi connectivity index (χ2v) is 4.71. The first-order valence-electron chi connectivity index (χ1n) is 3.72. The van der Waals surface area contributed by atoms with Crippen molar-refractivity contribution in [3.63, 3.8) is 0 Å². The zero-order valence-electron chi connectivity index (χ0n) is 6.48. The van der Waals surface area contributed by atoms with Gasteiger partial charge >= 0.3 is 0 Å². The predicted octanol–water partition coefficient (Wildman–Crippen LogP) is 3.14. The maximum Gasteiger partial charge on any atom is 0.231 e. The maximum absolute atomic E-state index is 13.5. The van der Waals surface area contributed by atoms with Gasteiger partial charge in [-0.1, -0.05) is 11.6 Å². The van der Waals surface area contributed by atoms with E-state index in [1.165, 1.54) is 0 Å². The first-order chi connectivity index (χ1) is 6.00. The average molecular weight is 263 g/mol. The molecule has 1 aliphatic rings. The number of alkyl halides is 2. The van der Waals surface area contributed by atoms with Crippen molar-refractivity contribution in [1.82, 2.24) is 0 Å². The van der Waals surface area contributed by atoms with Gasteiger partial charge in [-0.15, -0.1) is 0 Å². The van der Waals surface area contributed by atoms with E-state index in [1.807, 2.05) is 0 Å². The molecule has 68 valence electrons. The van der Waals surface area contributed by atoms with Crippen molar-refractivity contribution in [2.24, 2.45) is 0 Å². The third kappa shape index (κ3) is 1.40. The molecule has 0 heterocycles. The number of hydrogen-bond donors (Lipinski definition) is 0. The van der Waals surface area contributed by atoms with E-state index in [0.717, 1.165) is 0 Å². The Kier molecular flexibility index (Phi) is 1.96. The zero-order valence-corrected chi connectivity index (χ0v) is 8.82. The quantitative estimate of drug-likeness (QED) is 0.657. The first kappa shape index (κ1) is 9.16. The smallest absolute Gasteiger partial charge is 0.231 e. The second kappa shape index (κ2) is 2.79. The van der Waals surface area contributed by atoms with Crippen LogP contribution < -0.4 is 0 Å². The highest BCUT2D eigenvalue weighted by atomic mass is 79.9. The van der Waals surface area contributed by atoms with Gasteiger partial charge in [0.05, 0.1) is 0 Å². The van der Waals surface area contributed by atoms with Crippen molar-refractivity contribution < 1.29 is 9.18 Å². The summed E-state index contributed by atoms with van der Waals surface area (Å²) >= 11 is 8.47. The third-order valence-corrected chi connectivity index (χ3v) is 2.93. The van der Waals surface area contributed by atoms with Crippen LogP contribution in [0.2, 0.25) is 5.02 Å². The van der Waals surface area contributed by atoms with Crippen LogP contribution in [0.5, 0.6) is 0 Å². The number of hydrogen-bond acceptors (Lipinski definition) is 1. The number of ketones is 1. The molecule has 0 fully saturated rings. The minimum Gasteiger partial charge on any atom is -0.289 e. The summed E-state index contributed by atoms with van der Waals surface area (Å²) in [5.41, 5.74) is 1.08. The molecule has 0 bridgehead atoms. The second-order valence-electron chi connectivity index (χ2n) is 3.01. The van der Waals surface area contributed by atoms with Gasteiger partial charge in [-0.05, 0) is 39.7 Å². The Balaban J connectivity index is 2.57. The lowest BCUT2D eigenvalue weighted by Crippen LogP contribution is -2.21. The van der Waals surface area contributed by atoms with E-state index in [4.69, 9.17) is 11.6 Å². The van der Waals surface area contributed by atoms with Crippen molar-refractivity contribution >= 4 is 33.3 Å². The van der Waals surface area contributed by atoms with E-state index in [-0.39, 0.29) is 6.42 Å². The maximum atomic E-state index is 13.5. The number of fused-ring (bicyclic) bond motifs is 1. The first-order valence-corrected chi connectivity index (χ1v) is 4.89. The molecule has 0 N–H and O–H groups in total. The normalized spacial score (nSPS) is 26.2. The van der Waals surface area contributed by atoms with Crippen molar-refractivity contribution in [1.29, 1.82) is 0 Å². The van der Waals surface area contributed by atoms with Crippen LogP contribution in [0.15, 0.2) is 18.2 Å². The van der Waals surface area contributed by atoms with Gasteiger partial charge in [-0.3, -0.25) is 4.79 Å². The lowest BCUT2D eigenvalue weighted by atomic mass is 10.1. The Bertz CT molecular complexity index is 389. The number of benzene rings is 1. The van der Waals surface area contributed by atoms with Crippen molar-refractivity contribution in [3.8, 4) is 0 Å². The molecule has 2 rings (SSSR count). The molecule has 0 amide bonds. The van der Waals surface area contributed by atoms with Crippen LogP contribution >= 0.6 is 27.5 Å². The molecule has 1 aliphatic carbocycles. The molecule has 0 spiro atoms. The molecule has 1 nitrogen and oxygen atoms in total. The van der Waals surface area contributed by atoms with E-state index in [1.54, 1.807) is 18.2 Å². The minimum absolute atomic E-state index is 0.0573. The Labute approximate surface area is 88.0 Å². The molecular weight excluding hydrogens is 258 g/mol. The van der Waals surface area contributed by atoms with E-state index in [0.29, 0.717) is 16.1 Å². The van der Waals surface area contributed by atoms with Gasteiger partial charge in [0.15, 0.2) is 0 Å². The number of halogens is 3. The fourth-order valence-electron chi connectivity index (χ4n) is 1.45. The van der Waals surface area contributed by atoms with Crippen LogP contribution in [0, 0.1) is 0 Å². The standard InChI is InChI=1S/C9H5BrClFO/c10-9(12)4-5-3-6(11)1-2-7(5)8(9)13/h1-3H,4H2. The highest BCUT2D eigenvalue weighted by Gasteiger charge is 2.43. The Morgan fingerprint density at radius 3 is 2.92 bits per heavy atom. The summed E-state index contributed by atoms with van der Waals surface area (Å²) in [6.45, 7) is 0. The lowest BCUT2D eigenvalue weighted by molar-refractivity contribution is 0.0872. The molecule has 1 aromatic rings. The summed E-state index contributed by atoms with van der Waals surface area (Å²) in [6.07, 6.45) is 0.0573. The molecule has 1 atom stereocenters. The van der Waals surface area contributed by atoms with E-state index >= 15 is 0 Å². The van der Waals surface area contributed by atoms with Crippen molar-refractivity contribution in [3.05, 3.63) is 34.3 Å². The average Bonchev–Trinajstić information content (AvgIpc) is 2.22. The predicted molar refractivity (Wildman–Crippen MR) is 52.3 cm³/mol.